The van der Waals surface area contributed by atoms with Crippen LogP contribution in [-0.4, -0.2) is 11.7 Å². The van der Waals surface area contributed by atoms with Crippen LogP contribution < -0.4 is 11.5 Å². The second kappa shape index (κ2) is 6.98. The van der Waals surface area contributed by atoms with Crippen LogP contribution in [0.2, 0.25) is 5.02 Å². The highest BCUT2D eigenvalue weighted by molar-refractivity contribution is 7.99. The number of rotatable bonds is 6. The Morgan fingerprint density at radius 2 is 1.86 bits per heavy atom. The zero-order valence-corrected chi connectivity index (χ0v) is 13.0. The minimum Gasteiger partial charge on any atom is -0.368 e. The Bertz CT molecular complexity index is 621. The minimum atomic E-state index is -1.15. The molecule has 0 radical (unpaired) electrons. The summed E-state index contributed by atoms with van der Waals surface area (Å²) >= 11 is 7.55. The van der Waals surface area contributed by atoms with Crippen LogP contribution in [0.25, 0.3) is 0 Å². The Labute approximate surface area is 133 Å². The lowest BCUT2D eigenvalue weighted by Gasteiger charge is -2.26. The molecule has 5 heteroatoms. The Balaban J connectivity index is 2.06. The van der Waals surface area contributed by atoms with E-state index in [1.54, 1.807) is 11.8 Å². The molecular weight excluding hydrogens is 304 g/mol. The summed E-state index contributed by atoms with van der Waals surface area (Å²) in [7, 11) is 0. The maximum absolute atomic E-state index is 11.8. The summed E-state index contributed by atoms with van der Waals surface area (Å²) in [5.41, 5.74) is 11.3. The fourth-order valence-electron chi connectivity index (χ4n) is 2.03. The van der Waals surface area contributed by atoms with Crippen molar-refractivity contribution in [2.45, 2.75) is 16.9 Å². The molecule has 0 aliphatic rings. The van der Waals surface area contributed by atoms with Crippen LogP contribution >= 0.6 is 23.4 Å². The van der Waals surface area contributed by atoms with E-state index in [0.29, 0.717) is 17.2 Å². The van der Waals surface area contributed by atoms with Gasteiger partial charge in [0, 0.05) is 15.7 Å². The number of halogens is 1. The van der Waals surface area contributed by atoms with Gasteiger partial charge in [-0.05, 0) is 30.2 Å². The van der Waals surface area contributed by atoms with Crippen molar-refractivity contribution in [2.24, 2.45) is 11.5 Å². The van der Waals surface area contributed by atoms with E-state index in [-0.39, 0.29) is 0 Å². The predicted molar refractivity (Wildman–Crippen MR) is 88.3 cm³/mol. The number of carbonyl (C=O) groups excluding carboxylic acids is 1. The van der Waals surface area contributed by atoms with Gasteiger partial charge in [-0.3, -0.25) is 4.79 Å². The van der Waals surface area contributed by atoms with E-state index in [0.717, 1.165) is 10.5 Å². The Morgan fingerprint density at radius 3 is 2.48 bits per heavy atom. The molecule has 3 nitrogen and oxygen atoms in total. The first-order valence-corrected chi connectivity index (χ1v) is 7.91. The van der Waals surface area contributed by atoms with Gasteiger partial charge in [0.05, 0.1) is 0 Å². The second-order valence-electron chi connectivity index (χ2n) is 4.76. The first-order chi connectivity index (χ1) is 10.0. The zero-order valence-electron chi connectivity index (χ0n) is 11.5. The number of nitrogens with two attached hydrogens (primary N) is 2. The van der Waals surface area contributed by atoms with Crippen LogP contribution in [-0.2, 0) is 10.3 Å². The summed E-state index contributed by atoms with van der Waals surface area (Å²) in [5.74, 6) is 0.162. The van der Waals surface area contributed by atoms with Gasteiger partial charge in [0.25, 0.3) is 0 Å². The Hall–Kier alpha value is -1.49. The van der Waals surface area contributed by atoms with Crippen molar-refractivity contribution in [3.05, 3.63) is 65.2 Å². The number of primary amides is 1. The van der Waals surface area contributed by atoms with Gasteiger partial charge in [-0.1, -0.05) is 48.0 Å². The zero-order chi connectivity index (χ0) is 15.3. The third-order valence-corrected chi connectivity index (χ3v) is 4.52. The maximum atomic E-state index is 11.8. The lowest BCUT2D eigenvalue weighted by Crippen LogP contribution is -2.49. The van der Waals surface area contributed by atoms with Crippen LogP contribution in [0.15, 0.2) is 59.5 Å². The third kappa shape index (κ3) is 4.00. The molecule has 110 valence electrons. The summed E-state index contributed by atoms with van der Waals surface area (Å²) < 4.78 is 0. The largest absolute Gasteiger partial charge is 0.368 e. The summed E-state index contributed by atoms with van der Waals surface area (Å²) in [5, 5.41) is 0.692. The van der Waals surface area contributed by atoms with E-state index in [9.17, 15) is 4.79 Å². The molecular formula is C16H17ClN2OS. The average Bonchev–Trinajstić information content (AvgIpc) is 2.48. The van der Waals surface area contributed by atoms with E-state index in [1.807, 2.05) is 54.6 Å². The molecule has 0 aliphatic carbocycles. The molecule has 1 atom stereocenters. The number of benzene rings is 2. The predicted octanol–water partition coefficient (Wildman–Crippen LogP) is 3.16. The molecule has 1 unspecified atom stereocenters. The molecule has 0 heterocycles. The van der Waals surface area contributed by atoms with Crippen molar-refractivity contribution in [3.8, 4) is 0 Å². The van der Waals surface area contributed by atoms with Crippen LogP contribution in [0, 0.1) is 0 Å². The summed E-state index contributed by atoms with van der Waals surface area (Å²) in [6.45, 7) is 0. The number of hydrogen-bond acceptors (Lipinski definition) is 3. The fraction of sp³-hybridized carbons (Fsp3) is 0.188. The van der Waals surface area contributed by atoms with Crippen LogP contribution in [0.5, 0.6) is 0 Å². The first-order valence-electron chi connectivity index (χ1n) is 6.55. The van der Waals surface area contributed by atoms with Crippen LogP contribution in [0.4, 0.5) is 0 Å². The number of hydrogen-bond donors (Lipinski definition) is 2. The van der Waals surface area contributed by atoms with E-state index >= 15 is 0 Å². The maximum Gasteiger partial charge on any atom is 0.242 e. The van der Waals surface area contributed by atoms with Crippen molar-refractivity contribution in [2.75, 3.05) is 5.75 Å². The first kappa shape index (κ1) is 15.9. The molecule has 2 aromatic carbocycles. The van der Waals surface area contributed by atoms with Crippen LogP contribution in [0.1, 0.15) is 12.0 Å². The molecule has 4 N–H and O–H groups in total. The van der Waals surface area contributed by atoms with Crippen molar-refractivity contribution in [3.63, 3.8) is 0 Å². The number of amides is 1. The van der Waals surface area contributed by atoms with Gasteiger partial charge in [0.1, 0.15) is 5.54 Å². The van der Waals surface area contributed by atoms with Crippen molar-refractivity contribution >= 4 is 29.3 Å². The lowest BCUT2D eigenvalue weighted by molar-refractivity contribution is -0.123. The van der Waals surface area contributed by atoms with Gasteiger partial charge in [0.15, 0.2) is 0 Å². The van der Waals surface area contributed by atoms with E-state index in [4.69, 9.17) is 23.1 Å². The molecule has 0 saturated heterocycles. The Kier molecular flexibility index (Phi) is 5.28. The lowest BCUT2D eigenvalue weighted by atomic mass is 9.88. The van der Waals surface area contributed by atoms with Crippen molar-refractivity contribution < 1.29 is 4.79 Å². The van der Waals surface area contributed by atoms with Gasteiger partial charge >= 0.3 is 0 Å². The molecule has 0 fully saturated rings. The molecule has 2 rings (SSSR count). The summed E-state index contributed by atoms with van der Waals surface area (Å²) in [6, 6.07) is 16.8. The van der Waals surface area contributed by atoms with E-state index in [2.05, 4.69) is 0 Å². The molecule has 0 saturated carbocycles. The summed E-state index contributed by atoms with van der Waals surface area (Å²) in [4.78, 5) is 12.8. The van der Waals surface area contributed by atoms with E-state index < -0.39 is 11.4 Å². The SMILES string of the molecule is NC(=O)C(N)(CCSc1cccc(Cl)c1)c1ccccc1. The van der Waals surface area contributed by atoms with Gasteiger partial charge in [0.2, 0.25) is 5.91 Å². The molecule has 21 heavy (non-hydrogen) atoms. The Morgan fingerprint density at radius 1 is 1.14 bits per heavy atom. The van der Waals surface area contributed by atoms with E-state index in [1.165, 1.54) is 0 Å². The van der Waals surface area contributed by atoms with Gasteiger partial charge in [-0.2, -0.15) is 0 Å². The number of thioether (sulfide) groups is 1. The second-order valence-corrected chi connectivity index (χ2v) is 6.36. The van der Waals surface area contributed by atoms with Crippen LogP contribution in [0.3, 0.4) is 0 Å². The molecule has 0 aromatic heterocycles. The fourth-order valence-corrected chi connectivity index (χ4v) is 3.33. The molecule has 0 spiro atoms. The molecule has 0 bridgehead atoms. The monoisotopic (exact) mass is 320 g/mol. The highest BCUT2D eigenvalue weighted by Crippen LogP contribution is 2.28. The highest BCUT2D eigenvalue weighted by Gasteiger charge is 2.33. The minimum absolute atomic E-state index is 0.462. The average molecular weight is 321 g/mol. The molecule has 0 aliphatic heterocycles. The normalized spacial score (nSPS) is 13.6. The summed E-state index contributed by atoms with van der Waals surface area (Å²) in [6.07, 6.45) is 0.462. The number of carbonyl (C=O) groups is 1. The smallest absolute Gasteiger partial charge is 0.242 e. The van der Waals surface area contributed by atoms with Gasteiger partial charge in [-0.15, -0.1) is 11.8 Å². The van der Waals surface area contributed by atoms with Crippen molar-refractivity contribution in [1.82, 2.24) is 0 Å². The van der Waals surface area contributed by atoms with Gasteiger partial charge in [-0.25, -0.2) is 0 Å². The quantitative estimate of drug-likeness (QED) is 0.803. The van der Waals surface area contributed by atoms with Gasteiger partial charge < -0.3 is 11.5 Å². The van der Waals surface area contributed by atoms with Crippen molar-refractivity contribution in [1.29, 1.82) is 0 Å². The third-order valence-electron chi connectivity index (χ3n) is 3.29. The highest BCUT2D eigenvalue weighted by atomic mass is 35.5. The molecule has 1 amide bonds. The molecule has 2 aromatic rings. The topological polar surface area (TPSA) is 69.1 Å². The standard InChI is InChI=1S/C16H17ClN2OS/c17-13-7-4-8-14(11-13)21-10-9-16(19,15(18)20)12-5-2-1-3-6-12/h1-8,11H,9-10,19H2,(H2,18,20).